The average Bonchev–Trinajstić information content (AvgIpc) is 2.81. The van der Waals surface area contributed by atoms with E-state index in [1.165, 1.54) is 4.88 Å². The number of hydrogen-bond acceptors (Lipinski definition) is 5. The second-order valence-electron chi connectivity index (χ2n) is 6.67. The van der Waals surface area contributed by atoms with Crippen LogP contribution >= 0.6 is 11.3 Å². The highest BCUT2D eigenvalue weighted by atomic mass is 32.1. The Bertz CT molecular complexity index is 594. The number of nitrogens with one attached hydrogen (secondary N) is 1. The summed E-state index contributed by atoms with van der Waals surface area (Å²) in [5.74, 6) is 1.12. The van der Waals surface area contributed by atoms with E-state index in [1.807, 2.05) is 19.3 Å². The number of rotatable bonds is 4. The largest absolute Gasteiger partial charge is 0.307 e. The summed E-state index contributed by atoms with van der Waals surface area (Å²) < 4.78 is 0. The van der Waals surface area contributed by atoms with E-state index in [9.17, 15) is 0 Å². The molecule has 1 N–H and O–H groups in total. The van der Waals surface area contributed by atoms with Gasteiger partial charge in [-0.1, -0.05) is 13.8 Å². The number of aromatic nitrogens is 3. The van der Waals surface area contributed by atoms with Crippen LogP contribution in [0.2, 0.25) is 0 Å². The van der Waals surface area contributed by atoms with Gasteiger partial charge >= 0.3 is 0 Å². The van der Waals surface area contributed by atoms with Gasteiger partial charge in [0.05, 0.1) is 5.69 Å². The van der Waals surface area contributed by atoms with Crippen molar-refractivity contribution in [1.82, 2.24) is 20.3 Å². The smallest absolute Gasteiger partial charge is 0.188 e. The van der Waals surface area contributed by atoms with Crippen LogP contribution in [0.25, 0.3) is 10.8 Å². The lowest BCUT2D eigenvalue weighted by atomic mass is 10.1. The molecule has 0 saturated heterocycles. The average molecular weight is 304 g/mol. The molecule has 0 aromatic carbocycles. The summed E-state index contributed by atoms with van der Waals surface area (Å²) >= 11 is 1.69. The molecule has 2 rings (SSSR count). The molecule has 0 aliphatic carbocycles. The van der Waals surface area contributed by atoms with Crippen LogP contribution in [0.1, 0.15) is 56.7 Å². The summed E-state index contributed by atoms with van der Waals surface area (Å²) in [7, 11) is 0. The van der Waals surface area contributed by atoms with Crippen LogP contribution in [-0.4, -0.2) is 20.5 Å². The van der Waals surface area contributed by atoms with Gasteiger partial charge in [-0.2, -0.15) is 0 Å². The van der Waals surface area contributed by atoms with Crippen molar-refractivity contribution in [2.75, 3.05) is 0 Å². The molecule has 21 heavy (non-hydrogen) atoms. The molecule has 0 bridgehead atoms. The molecule has 2 aromatic rings. The molecule has 5 heteroatoms. The van der Waals surface area contributed by atoms with E-state index in [2.05, 4.69) is 49.9 Å². The van der Waals surface area contributed by atoms with E-state index in [1.54, 1.807) is 11.3 Å². The second kappa shape index (κ2) is 6.20. The summed E-state index contributed by atoms with van der Waals surface area (Å²) in [4.78, 5) is 14.8. The van der Waals surface area contributed by atoms with Gasteiger partial charge in [0.2, 0.25) is 0 Å². The predicted molar refractivity (Wildman–Crippen MR) is 88.6 cm³/mol. The van der Waals surface area contributed by atoms with Gasteiger partial charge in [0.15, 0.2) is 10.8 Å². The zero-order chi connectivity index (χ0) is 15.6. The van der Waals surface area contributed by atoms with Crippen molar-refractivity contribution in [3.63, 3.8) is 0 Å². The van der Waals surface area contributed by atoms with Crippen molar-refractivity contribution >= 4 is 11.3 Å². The Hall–Kier alpha value is -1.33. The van der Waals surface area contributed by atoms with E-state index >= 15 is 0 Å². The minimum Gasteiger partial charge on any atom is -0.307 e. The van der Waals surface area contributed by atoms with Crippen molar-refractivity contribution in [1.29, 1.82) is 0 Å². The zero-order valence-corrected chi connectivity index (χ0v) is 14.5. The van der Waals surface area contributed by atoms with Gasteiger partial charge in [0.1, 0.15) is 0 Å². The Kier molecular flexibility index (Phi) is 4.74. The van der Waals surface area contributed by atoms with Gasteiger partial charge in [-0.3, -0.25) is 0 Å². The van der Waals surface area contributed by atoms with E-state index in [0.29, 0.717) is 5.92 Å². The monoisotopic (exact) mass is 304 g/mol. The molecule has 0 amide bonds. The first kappa shape index (κ1) is 16.0. The first-order valence-corrected chi connectivity index (χ1v) is 8.11. The molecule has 0 atom stereocenters. The van der Waals surface area contributed by atoms with Crippen molar-refractivity contribution in [3.8, 4) is 10.8 Å². The standard InChI is InChI=1S/C16H24N4S/c1-10(2)13-12(9-19-16(4,5)6)21-15(20-13)14-17-7-11(3)8-18-14/h7-8,10,19H,9H2,1-6H3. The maximum atomic E-state index is 4.76. The lowest BCUT2D eigenvalue weighted by molar-refractivity contribution is 0.425. The van der Waals surface area contributed by atoms with Gasteiger partial charge in [0, 0.05) is 29.4 Å². The van der Waals surface area contributed by atoms with E-state index in [-0.39, 0.29) is 5.54 Å². The molecule has 0 aliphatic heterocycles. The van der Waals surface area contributed by atoms with Crippen molar-refractivity contribution in [2.24, 2.45) is 0 Å². The number of thiazole rings is 1. The van der Waals surface area contributed by atoms with E-state index in [0.717, 1.165) is 28.6 Å². The molecule has 114 valence electrons. The van der Waals surface area contributed by atoms with Crippen LogP contribution in [0, 0.1) is 6.92 Å². The van der Waals surface area contributed by atoms with Crippen LogP contribution in [0.4, 0.5) is 0 Å². The van der Waals surface area contributed by atoms with Gasteiger partial charge in [-0.25, -0.2) is 15.0 Å². The lowest BCUT2D eigenvalue weighted by Crippen LogP contribution is -2.35. The maximum absolute atomic E-state index is 4.76. The minimum absolute atomic E-state index is 0.0960. The van der Waals surface area contributed by atoms with Crippen LogP contribution in [0.5, 0.6) is 0 Å². The molecule has 2 heterocycles. The first-order chi connectivity index (χ1) is 9.76. The normalized spacial score (nSPS) is 12.1. The Morgan fingerprint density at radius 2 is 1.81 bits per heavy atom. The summed E-state index contributed by atoms with van der Waals surface area (Å²) in [6, 6.07) is 0. The molecular formula is C16H24N4S. The SMILES string of the molecule is Cc1cnc(-c2nc(C(C)C)c(CNC(C)(C)C)s2)nc1. The second-order valence-corrected chi connectivity index (χ2v) is 7.75. The third kappa shape index (κ3) is 4.32. The highest BCUT2D eigenvalue weighted by Crippen LogP contribution is 2.30. The van der Waals surface area contributed by atoms with Crippen molar-refractivity contribution in [3.05, 3.63) is 28.5 Å². The van der Waals surface area contributed by atoms with Gasteiger partial charge in [-0.05, 0) is 39.2 Å². The lowest BCUT2D eigenvalue weighted by Gasteiger charge is -2.20. The first-order valence-electron chi connectivity index (χ1n) is 7.30. The fourth-order valence-corrected chi connectivity index (χ4v) is 2.99. The Balaban J connectivity index is 2.30. The van der Waals surface area contributed by atoms with Crippen LogP contribution in [-0.2, 0) is 6.54 Å². The summed E-state index contributed by atoms with van der Waals surface area (Å²) in [5.41, 5.74) is 2.31. The molecular weight excluding hydrogens is 280 g/mol. The highest BCUT2D eigenvalue weighted by molar-refractivity contribution is 7.15. The van der Waals surface area contributed by atoms with Crippen LogP contribution in [0.15, 0.2) is 12.4 Å². The number of aryl methyl sites for hydroxylation is 1. The van der Waals surface area contributed by atoms with Gasteiger partial charge in [0.25, 0.3) is 0 Å². The zero-order valence-electron chi connectivity index (χ0n) is 13.7. The summed E-state index contributed by atoms with van der Waals surface area (Å²) in [5, 5.41) is 4.44. The number of nitrogens with zero attached hydrogens (tertiary/aromatic N) is 3. The van der Waals surface area contributed by atoms with Gasteiger partial charge < -0.3 is 5.32 Å². The Labute approximate surface area is 131 Å². The third-order valence-electron chi connectivity index (χ3n) is 3.03. The molecule has 2 aromatic heterocycles. The molecule has 0 aliphatic rings. The molecule has 0 saturated carbocycles. The van der Waals surface area contributed by atoms with E-state index < -0.39 is 0 Å². The Morgan fingerprint density at radius 3 is 2.33 bits per heavy atom. The summed E-state index contributed by atoms with van der Waals surface area (Å²) in [6.07, 6.45) is 3.68. The molecule has 0 spiro atoms. The van der Waals surface area contributed by atoms with Crippen molar-refractivity contribution in [2.45, 2.75) is 59.5 Å². The van der Waals surface area contributed by atoms with Gasteiger partial charge in [-0.15, -0.1) is 11.3 Å². The van der Waals surface area contributed by atoms with Crippen LogP contribution in [0.3, 0.4) is 0 Å². The fraction of sp³-hybridized carbons (Fsp3) is 0.562. The topological polar surface area (TPSA) is 50.7 Å². The van der Waals surface area contributed by atoms with Crippen molar-refractivity contribution < 1.29 is 0 Å². The molecule has 0 unspecified atom stereocenters. The number of hydrogen-bond donors (Lipinski definition) is 1. The molecule has 4 nitrogen and oxygen atoms in total. The molecule has 0 fully saturated rings. The predicted octanol–water partition coefficient (Wildman–Crippen LogP) is 3.92. The Morgan fingerprint density at radius 1 is 1.19 bits per heavy atom. The van der Waals surface area contributed by atoms with Crippen LogP contribution < -0.4 is 5.32 Å². The quantitative estimate of drug-likeness (QED) is 0.930. The maximum Gasteiger partial charge on any atom is 0.188 e. The fourth-order valence-electron chi connectivity index (χ4n) is 1.89. The summed E-state index contributed by atoms with van der Waals surface area (Å²) in [6.45, 7) is 13.7. The van der Waals surface area contributed by atoms with E-state index in [4.69, 9.17) is 4.98 Å². The third-order valence-corrected chi connectivity index (χ3v) is 4.09. The minimum atomic E-state index is 0.0960. The molecule has 0 radical (unpaired) electrons. The highest BCUT2D eigenvalue weighted by Gasteiger charge is 2.18.